The quantitative estimate of drug-likeness (QED) is 0.586. The van der Waals surface area contributed by atoms with E-state index < -0.39 is 0 Å². The number of benzene rings is 2. The van der Waals surface area contributed by atoms with Gasteiger partial charge in [-0.25, -0.2) is 4.98 Å². The average Bonchev–Trinajstić information content (AvgIpc) is 3.06. The topological polar surface area (TPSA) is 56.1 Å². The summed E-state index contributed by atoms with van der Waals surface area (Å²) in [5.74, 6) is 0.902. The first-order valence-electron chi connectivity index (χ1n) is 9.55. The SMILES string of the molecule is CCOCCn1c(C(C)NC(=O)CCc2ccccc2)nc2ccccc21. The number of rotatable bonds is 9. The van der Waals surface area contributed by atoms with Crippen molar-refractivity contribution in [2.24, 2.45) is 0 Å². The van der Waals surface area contributed by atoms with Crippen molar-refractivity contribution in [3.8, 4) is 0 Å². The minimum Gasteiger partial charge on any atom is -0.380 e. The number of imidazole rings is 1. The number of hydrogen-bond donors (Lipinski definition) is 1. The van der Waals surface area contributed by atoms with Crippen molar-refractivity contribution in [1.29, 1.82) is 0 Å². The standard InChI is InChI=1S/C22H27N3O2/c1-3-27-16-15-25-20-12-8-7-11-19(20)24-22(25)17(2)23-21(26)14-13-18-9-5-4-6-10-18/h4-12,17H,3,13-16H2,1-2H3,(H,23,26). The van der Waals surface area contributed by atoms with E-state index in [2.05, 4.69) is 16.0 Å². The van der Waals surface area contributed by atoms with Crippen molar-refractivity contribution in [2.45, 2.75) is 39.3 Å². The number of aryl methyl sites for hydroxylation is 1. The van der Waals surface area contributed by atoms with E-state index in [-0.39, 0.29) is 11.9 Å². The highest BCUT2D eigenvalue weighted by atomic mass is 16.5. The van der Waals surface area contributed by atoms with Gasteiger partial charge in [-0.3, -0.25) is 4.79 Å². The molecule has 1 amide bonds. The number of ether oxygens (including phenoxy) is 1. The Kier molecular flexibility index (Phi) is 6.60. The monoisotopic (exact) mass is 365 g/mol. The summed E-state index contributed by atoms with van der Waals surface area (Å²) in [5, 5.41) is 3.10. The highest BCUT2D eigenvalue weighted by Gasteiger charge is 2.18. The van der Waals surface area contributed by atoms with Crippen molar-refractivity contribution >= 4 is 16.9 Å². The second kappa shape index (κ2) is 9.33. The Morgan fingerprint density at radius 2 is 1.89 bits per heavy atom. The van der Waals surface area contributed by atoms with Gasteiger partial charge in [-0.05, 0) is 38.0 Å². The lowest BCUT2D eigenvalue weighted by Crippen LogP contribution is -2.29. The van der Waals surface area contributed by atoms with E-state index >= 15 is 0 Å². The Balaban J connectivity index is 1.69. The molecule has 0 radical (unpaired) electrons. The number of para-hydroxylation sites is 2. The maximum Gasteiger partial charge on any atom is 0.220 e. The molecule has 2 aromatic carbocycles. The van der Waals surface area contributed by atoms with Crippen LogP contribution in [0.5, 0.6) is 0 Å². The fourth-order valence-corrected chi connectivity index (χ4v) is 3.24. The van der Waals surface area contributed by atoms with Crippen LogP contribution in [-0.4, -0.2) is 28.7 Å². The lowest BCUT2D eigenvalue weighted by atomic mass is 10.1. The van der Waals surface area contributed by atoms with Crippen LogP contribution in [0.3, 0.4) is 0 Å². The Hall–Kier alpha value is -2.66. The number of carbonyl (C=O) groups excluding carboxylic acids is 1. The summed E-state index contributed by atoms with van der Waals surface area (Å²) < 4.78 is 7.67. The lowest BCUT2D eigenvalue weighted by molar-refractivity contribution is -0.121. The summed E-state index contributed by atoms with van der Waals surface area (Å²) in [6, 6.07) is 18.0. The first-order valence-corrected chi connectivity index (χ1v) is 9.55. The van der Waals surface area contributed by atoms with Crippen molar-refractivity contribution in [1.82, 2.24) is 14.9 Å². The summed E-state index contributed by atoms with van der Waals surface area (Å²) in [7, 11) is 0. The Labute approximate surface area is 160 Å². The maximum absolute atomic E-state index is 12.4. The highest BCUT2D eigenvalue weighted by molar-refractivity contribution is 5.78. The number of hydrogen-bond acceptors (Lipinski definition) is 3. The number of nitrogens with zero attached hydrogens (tertiary/aromatic N) is 2. The molecule has 3 rings (SSSR count). The zero-order valence-electron chi connectivity index (χ0n) is 16.0. The number of nitrogens with one attached hydrogen (secondary N) is 1. The molecule has 1 heterocycles. The van der Waals surface area contributed by atoms with Gasteiger partial charge in [0.2, 0.25) is 5.91 Å². The Bertz CT molecular complexity index is 874. The van der Waals surface area contributed by atoms with Crippen LogP contribution >= 0.6 is 0 Å². The predicted molar refractivity (Wildman–Crippen MR) is 108 cm³/mol. The van der Waals surface area contributed by atoms with E-state index in [4.69, 9.17) is 9.72 Å². The Morgan fingerprint density at radius 3 is 2.67 bits per heavy atom. The summed E-state index contributed by atoms with van der Waals surface area (Å²) in [6.07, 6.45) is 1.20. The zero-order chi connectivity index (χ0) is 19.1. The minimum absolute atomic E-state index is 0.0368. The van der Waals surface area contributed by atoms with Gasteiger partial charge in [0, 0.05) is 19.6 Å². The molecule has 142 valence electrons. The van der Waals surface area contributed by atoms with Gasteiger partial charge in [-0.15, -0.1) is 0 Å². The molecular weight excluding hydrogens is 338 g/mol. The van der Waals surface area contributed by atoms with Crippen LogP contribution < -0.4 is 5.32 Å². The van der Waals surface area contributed by atoms with E-state index in [0.717, 1.165) is 23.3 Å². The van der Waals surface area contributed by atoms with Crippen LogP contribution in [0, 0.1) is 0 Å². The van der Waals surface area contributed by atoms with E-state index in [1.54, 1.807) is 0 Å². The predicted octanol–water partition coefficient (Wildman–Crippen LogP) is 3.88. The Morgan fingerprint density at radius 1 is 1.15 bits per heavy atom. The van der Waals surface area contributed by atoms with E-state index in [0.29, 0.717) is 26.2 Å². The number of amides is 1. The highest BCUT2D eigenvalue weighted by Crippen LogP contribution is 2.21. The number of fused-ring (bicyclic) bond motifs is 1. The van der Waals surface area contributed by atoms with Crippen molar-refractivity contribution in [3.63, 3.8) is 0 Å². The van der Waals surface area contributed by atoms with Gasteiger partial charge < -0.3 is 14.6 Å². The van der Waals surface area contributed by atoms with Gasteiger partial charge in [0.05, 0.1) is 23.7 Å². The second-order valence-corrected chi connectivity index (χ2v) is 6.58. The van der Waals surface area contributed by atoms with Crippen molar-refractivity contribution in [2.75, 3.05) is 13.2 Å². The molecule has 27 heavy (non-hydrogen) atoms. The lowest BCUT2D eigenvalue weighted by Gasteiger charge is -2.16. The molecule has 0 spiro atoms. The smallest absolute Gasteiger partial charge is 0.220 e. The molecular formula is C22H27N3O2. The molecule has 0 fully saturated rings. The third-order valence-electron chi connectivity index (χ3n) is 4.60. The zero-order valence-corrected chi connectivity index (χ0v) is 16.0. The molecule has 1 unspecified atom stereocenters. The molecule has 5 heteroatoms. The van der Waals surface area contributed by atoms with Crippen molar-refractivity contribution in [3.05, 3.63) is 66.0 Å². The van der Waals surface area contributed by atoms with Gasteiger partial charge in [-0.1, -0.05) is 42.5 Å². The van der Waals surface area contributed by atoms with Crippen molar-refractivity contribution < 1.29 is 9.53 Å². The summed E-state index contributed by atoms with van der Waals surface area (Å²) in [5.41, 5.74) is 3.18. The molecule has 0 saturated heterocycles. The third kappa shape index (κ3) is 4.95. The molecule has 5 nitrogen and oxygen atoms in total. The van der Waals surface area contributed by atoms with Crippen LogP contribution in [0.15, 0.2) is 54.6 Å². The molecule has 0 aliphatic heterocycles. The van der Waals surface area contributed by atoms with Gasteiger partial charge in [-0.2, -0.15) is 0 Å². The van der Waals surface area contributed by atoms with Crippen LogP contribution in [0.2, 0.25) is 0 Å². The maximum atomic E-state index is 12.4. The van der Waals surface area contributed by atoms with Crippen LogP contribution in [0.1, 0.15) is 37.7 Å². The average molecular weight is 365 g/mol. The van der Waals surface area contributed by atoms with Crippen LogP contribution in [-0.2, 0) is 22.5 Å². The largest absolute Gasteiger partial charge is 0.380 e. The number of aromatic nitrogens is 2. The summed E-state index contributed by atoms with van der Waals surface area (Å²) in [4.78, 5) is 17.2. The van der Waals surface area contributed by atoms with E-state index in [1.165, 1.54) is 5.56 Å². The molecule has 1 atom stereocenters. The summed E-state index contributed by atoms with van der Waals surface area (Å²) in [6.45, 7) is 6.00. The molecule has 1 aromatic heterocycles. The van der Waals surface area contributed by atoms with Gasteiger partial charge >= 0.3 is 0 Å². The first kappa shape index (κ1) is 19.1. The minimum atomic E-state index is -0.165. The third-order valence-corrected chi connectivity index (χ3v) is 4.60. The van der Waals surface area contributed by atoms with Gasteiger partial charge in [0.15, 0.2) is 0 Å². The van der Waals surface area contributed by atoms with Crippen LogP contribution in [0.4, 0.5) is 0 Å². The molecule has 0 bridgehead atoms. The van der Waals surface area contributed by atoms with Crippen LogP contribution in [0.25, 0.3) is 11.0 Å². The normalized spacial score (nSPS) is 12.2. The van der Waals surface area contributed by atoms with Gasteiger partial charge in [0.25, 0.3) is 0 Å². The molecule has 0 aliphatic rings. The fourth-order valence-electron chi connectivity index (χ4n) is 3.24. The fraction of sp³-hybridized carbons (Fsp3) is 0.364. The first-order chi connectivity index (χ1) is 13.2. The molecule has 0 saturated carbocycles. The molecule has 1 N–H and O–H groups in total. The second-order valence-electron chi connectivity index (χ2n) is 6.58. The number of carbonyl (C=O) groups is 1. The molecule has 0 aliphatic carbocycles. The molecule has 3 aromatic rings. The summed E-state index contributed by atoms with van der Waals surface area (Å²) >= 11 is 0. The van der Waals surface area contributed by atoms with E-state index in [9.17, 15) is 4.79 Å². The van der Waals surface area contributed by atoms with E-state index in [1.807, 2.05) is 62.4 Å². The van der Waals surface area contributed by atoms with Gasteiger partial charge in [0.1, 0.15) is 5.82 Å².